The van der Waals surface area contributed by atoms with Crippen LogP contribution >= 0.6 is 11.3 Å². The molecule has 3 rings (SSSR count). The average molecular weight is 352 g/mol. The number of amides is 1. The number of nitrogens with one attached hydrogen (secondary N) is 1. The van der Waals surface area contributed by atoms with Crippen LogP contribution in [0, 0.1) is 0 Å². The predicted octanol–water partition coefficient (Wildman–Crippen LogP) is 0.690. The second-order valence-corrected chi connectivity index (χ2v) is 7.25. The van der Waals surface area contributed by atoms with E-state index < -0.39 is 0 Å². The Bertz CT molecular complexity index is 677. The molecule has 0 spiro atoms. The maximum atomic E-state index is 12.0. The van der Waals surface area contributed by atoms with E-state index in [-0.39, 0.29) is 11.8 Å². The third-order valence-corrected chi connectivity index (χ3v) is 4.95. The molecule has 1 fully saturated rings. The highest BCUT2D eigenvalue weighted by atomic mass is 32.1. The minimum atomic E-state index is 0.0679. The van der Waals surface area contributed by atoms with E-state index in [9.17, 15) is 4.79 Å². The van der Waals surface area contributed by atoms with Crippen LogP contribution in [0.4, 0.5) is 0 Å². The molecule has 1 aliphatic heterocycles. The van der Waals surface area contributed by atoms with Crippen LogP contribution in [0.3, 0.4) is 0 Å². The van der Waals surface area contributed by atoms with Crippen LogP contribution < -0.4 is 5.32 Å². The molecule has 0 unspecified atom stereocenters. The van der Waals surface area contributed by atoms with E-state index in [0.717, 1.165) is 48.6 Å². The Morgan fingerprint density at radius 2 is 2.12 bits per heavy atom. The number of hydrogen-bond acceptors (Lipinski definition) is 7. The van der Waals surface area contributed by atoms with Gasteiger partial charge in [-0.05, 0) is 0 Å². The Morgan fingerprint density at radius 1 is 1.33 bits per heavy atom. The Balaban J connectivity index is 1.42. The number of carbonyl (C=O) groups is 1. The zero-order valence-electron chi connectivity index (χ0n) is 14.2. The van der Waals surface area contributed by atoms with Gasteiger partial charge in [-0.2, -0.15) is 9.61 Å². The number of ether oxygens (including phenoxy) is 1. The van der Waals surface area contributed by atoms with E-state index in [0.29, 0.717) is 19.4 Å². The van der Waals surface area contributed by atoms with Gasteiger partial charge >= 0.3 is 0 Å². The molecule has 0 bridgehead atoms. The molecule has 0 aliphatic carbocycles. The van der Waals surface area contributed by atoms with Crippen molar-refractivity contribution in [1.29, 1.82) is 0 Å². The van der Waals surface area contributed by atoms with E-state index in [1.54, 1.807) is 4.52 Å². The molecule has 2 aromatic rings. The molecular formula is C15H24N6O2S. The first-order chi connectivity index (χ1) is 11.6. The summed E-state index contributed by atoms with van der Waals surface area (Å²) >= 11 is 1.50. The van der Waals surface area contributed by atoms with Crippen LogP contribution in [0.25, 0.3) is 4.96 Å². The first-order valence-corrected chi connectivity index (χ1v) is 9.23. The predicted molar refractivity (Wildman–Crippen MR) is 91.3 cm³/mol. The summed E-state index contributed by atoms with van der Waals surface area (Å²) in [6.07, 6.45) is 1.08. The molecule has 8 nitrogen and oxygen atoms in total. The minimum absolute atomic E-state index is 0.0679. The van der Waals surface area contributed by atoms with Crippen molar-refractivity contribution in [2.45, 2.75) is 32.6 Å². The Hall–Kier alpha value is -1.58. The standard InChI is InChI=1S/C15H24N6O2S/c1-11(2)14-17-18-15-21(14)19-13(24-15)4-3-12(22)16-5-6-20-7-9-23-10-8-20/h11H,3-10H2,1-2H3,(H,16,22). The fraction of sp³-hybridized carbons (Fsp3) is 0.733. The molecule has 0 radical (unpaired) electrons. The van der Waals surface area contributed by atoms with Crippen LogP contribution in [0.2, 0.25) is 0 Å². The average Bonchev–Trinajstić information content (AvgIpc) is 3.13. The van der Waals surface area contributed by atoms with Crippen LogP contribution in [-0.2, 0) is 16.0 Å². The fourth-order valence-corrected chi connectivity index (χ4v) is 3.46. The highest BCUT2D eigenvalue weighted by Gasteiger charge is 2.15. The zero-order chi connectivity index (χ0) is 16.9. The first-order valence-electron chi connectivity index (χ1n) is 8.41. The van der Waals surface area contributed by atoms with Gasteiger partial charge in [0.05, 0.1) is 13.2 Å². The molecule has 1 saturated heterocycles. The molecule has 1 N–H and O–H groups in total. The highest BCUT2D eigenvalue weighted by Crippen LogP contribution is 2.19. The minimum Gasteiger partial charge on any atom is -0.379 e. The number of fused-ring (bicyclic) bond motifs is 1. The van der Waals surface area contributed by atoms with E-state index in [1.165, 1.54) is 11.3 Å². The summed E-state index contributed by atoms with van der Waals surface area (Å²) in [4.78, 5) is 15.1. The maximum Gasteiger partial charge on any atom is 0.234 e. The lowest BCUT2D eigenvalue weighted by Gasteiger charge is -2.26. The second kappa shape index (κ2) is 8.00. The van der Waals surface area contributed by atoms with Crippen molar-refractivity contribution < 1.29 is 9.53 Å². The van der Waals surface area contributed by atoms with Crippen molar-refractivity contribution in [3.05, 3.63) is 10.8 Å². The normalized spacial score (nSPS) is 16.1. The number of rotatable bonds is 7. The highest BCUT2D eigenvalue weighted by molar-refractivity contribution is 7.16. The molecule has 3 heterocycles. The summed E-state index contributed by atoms with van der Waals surface area (Å²) < 4.78 is 7.10. The van der Waals surface area contributed by atoms with Gasteiger partial charge in [0.15, 0.2) is 5.82 Å². The lowest BCUT2D eigenvalue weighted by Crippen LogP contribution is -2.41. The Labute approximate surface area is 145 Å². The zero-order valence-corrected chi connectivity index (χ0v) is 15.0. The molecule has 1 aliphatic rings. The molecule has 0 atom stereocenters. The monoisotopic (exact) mass is 352 g/mol. The number of aromatic nitrogens is 4. The van der Waals surface area contributed by atoms with Crippen LogP contribution in [0.1, 0.15) is 37.0 Å². The lowest BCUT2D eigenvalue weighted by molar-refractivity contribution is -0.121. The largest absolute Gasteiger partial charge is 0.379 e. The van der Waals surface area contributed by atoms with Crippen molar-refractivity contribution in [1.82, 2.24) is 30.0 Å². The fourth-order valence-electron chi connectivity index (χ4n) is 2.62. The summed E-state index contributed by atoms with van der Waals surface area (Å²) in [5.41, 5.74) is 0. The van der Waals surface area contributed by atoms with E-state index in [1.807, 2.05) is 0 Å². The molecule has 0 saturated carbocycles. The van der Waals surface area contributed by atoms with Crippen molar-refractivity contribution in [2.24, 2.45) is 0 Å². The smallest absolute Gasteiger partial charge is 0.234 e. The van der Waals surface area contributed by atoms with Gasteiger partial charge in [-0.1, -0.05) is 25.2 Å². The molecular weight excluding hydrogens is 328 g/mol. The molecule has 24 heavy (non-hydrogen) atoms. The third-order valence-electron chi connectivity index (χ3n) is 3.99. The Morgan fingerprint density at radius 3 is 2.88 bits per heavy atom. The van der Waals surface area contributed by atoms with Gasteiger partial charge in [-0.25, -0.2) is 0 Å². The summed E-state index contributed by atoms with van der Waals surface area (Å²) in [6.45, 7) is 9.15. The molecule has 1 amide bonds. The van der Waals surface area contributed by atoms with Crippen molar-refractivity contribution >= 4 is 22.2 Å². The summed E-state index contributed by atoms with van der Waals surface area (Å²) in [5.74, 6) is 1.21. The quantitative estimate of drug-likeness (QED) is 0.789. The number of hydrogen-bond donors (Lipinski definition) is 1. The van der Waals surface area contributed by atoms with E-state index >= 15 is 0 Å². The van der Waals surface area contributed by atoms with Gasteiger partial charge in [-0.15, -0.1) is 10.2 Å². The molecule has 2 aromatic heterocycles. The third kappa shape index (κ3) is 4.28. The van der Waals surface area contributed by atoms with Gasteiger partial charge in [0.25, 0.3) is 0 Å². The first kappa shape index (κ1) is 17.2. The Kier molecular flexibility index (Phi) is 5.75. The number of morpholine rings is 1. The van der Waals surface area contributed by atoms with Gasteiger partial charge in [0, 0.05) is 44.9 Å². The van der Waals surface area contributed by atoms with E-state index in [2.05, 4.69) is 39.4 Å². The van der Waals surface area contributed by atoms with Crippen molar-refractivity contribution in [3.63, 3.8) is 0 Å². The topological polar surface area (TPSA) is 84.7 Å². The summed E-state index contributed by atoms with van der Waals surface area (Å²) in [7, 11) is 0. The SMILES string of the molecule is CC(C)c1nnc2sc(CCC(=O)NCCN3CCOCC3)nn12. The van der Waals surface area contributed by atoms with Crippen molar-refractivity contribution in [2.75, 3.05) is 39.4 Å². The number of aryl methyl sites for hydroxylation is 1. The van der Waals surface area contributed by atoms with Gasteiger partial charge < -0.3 is 10.1 Å². The lowest BCUT2D eigenvalue weighted by atomic mass is 10.2. The van der Waals surface area contributed by atoms with Crippen LogP contribution in [0.15, 0.2) is 0 Å². The van der Waals surface area contributed by atoms with Crippen LogP contribution in [0.5, 0.6) is 0 Å². The van der Waals surface area contributed by atoms with E-state index in [4.69, 9.17) is 4.74 Å². The van der Waals surface area contributed by atoms with Crippen molar-refractivity contribution in [3.8, 4) is 0 Å². The number of carbonyl (C=O) groups excluding carboxylic acids is 1. The summed E-state index contributed by atoms with van der Waals surface area (Å²) in [6, 6.07) is 0. The second-order valence-electron chi connectivity index (χ2n) is 6.21. The van der Waals surface area contributed by atoms with Crippen LogP contribution in [-0.4, -0.2) is 70.0 Å². The molecule has 132 valence electrons. The maximum absolute atomic E-state index is 12.0. The molecule has 9 heteroatoms. The summed E-state index contributed by atoms with van der Waals surface area (Å²) in [5, 5.41) is 16.7. The number of nitrogens with zero attached hydrogens (tertiary/aromatic N) is 5. The molecule has 0 aromatic carbocycles. The van der Waals surface area contributed by atoms with Gasteiger partial charge in [0.1, 0.15) is 5.01 Å². The van der Waals surface area contributed by atoms with Gasteiger partial charge in [-0.3, -0.25) is 9.69 Å². The van der Waals surface area contributed by atoms with Gasteiger partial charge in [0.2, 0.25) is 10.9 Å².